The molecule has 1 rings (SSSR count). The van der Waals surface area contributed by atoms with Crippen molar-refractivity contribution >= 4 is 0 Å². The van der Waals surface area contributed by atoms with Crippen LogP contribution >= 0.6 is 0 Å². The lowest BCUT2D eigenvalue weighted by Crippen LogP contribution is -1.98. The summed E-state index contributed by atoms with van der Waals surface area (Å²) in [6.45, 7) is 20.2. The highest BCUT2D eigenvalue weighted by Crippen LogP contribution is 2.11. The van der Waals surface area contributed by atoms with Gasteiger partial charge in [-0.15, -0.1) is 0 Å². The molecule has 2 heteroatoms. The second kappa shape index (κ2) is 15.1. The summed E-state index contributed by atoms with van der Waals surface area (Å²) in [4.78, 5) is 8.65. The molecule has 0 radical (unpaired) electrons. The maximum atomic E-state index is 4.41. The highest BCUT2D eigenvalue weighted by molar-refractivity contribution is 5.12. The fourth-order valence-electron chi connectivity index (χ4n) is 0.838. The van der Waals surface area contributed by atoms with E-state index >= 15 is 0 Å². The van der Waals surface area contributed by atoms with Gasteiger partial charge in [-0.05, 0) is 19.8 Å². The fourth-order valence-corrected chi connectivity index (χ4v) is 0.838. The Morgan fingerprint density at radius 3 is 1.53 bits per heavy atom. The zero-order chi connectivity index (χ0) is 14.4. The summed E-state index contributed by atoms with van der Waals surface area (Å²) in [5.41, 5.74) is 3.14. The van der Waals surface area contributed by atoms with Crippen molar-refractivity contribution < 1.29 is 0 Å². The third kappa shape index (κ3) is 9.98. The van der Waals surface area contributed by atoms with Gasteiger partial charge < -0.3 is 0 Å². The van der Waals surface area contributed by atoms with Crippen molar-refractivity contribution in [3.8, 4) is 0 Å². The van der Waals surface area contributed by atoms with Crippen LogP contribution < -0.4 is 0 Å². The molecule has 0 bridgehead atoms. The Labute approximate surface area is 109 Å². The van der Waals surface area contributed by atoms with Crippen molar-refractivity contribution in [1.29, 1.82) is 0 Å². The lowest BCUT2D eigenvalue weighted by atomic mass is 10.1. The average molecular weight is 240 g/mol. The Hall–Kier alpha value is -0.920. The maximum Gasteiger partial charge on any atom is 0.0615 e. The topological polar surface area (TPSA) is 25.8 Å². The Balaban J connectivity index is -0.000000285. The molecular formula is C15H32N2. The van der Waals surface area contributed by atoms with Crippen LogP contribution in [0, 0.1) is 13.8 Å². The summed E-state index contributed by atoms with van der Waals surface area (Å²) in [6, 6.07) is 0. The Morgan fingerprint density at radius 2 is 1.24 bits per heavy atom. The molecule has 0 aliphatic carbocycles. The van der Waals surface area contributed by atoms with E-state index in [2.05, 4.69) is 23.8 Å². The van der Waals surface area contributed by atoms with Crippen LogP contribution in [-0.2, 0) is 0 Å². The van der Waals surface area contributed by atoms with Crippen molar-refractivity contribution in [3.63, 3.8) is 0 Å². The van der Waals surface area contributed by atoms with Crippen LogP contribution in [0.2, 0.25) is 0 Å². The zero-order valence-corrected chi connectivity index (χ0v) is 13.5. The first-order chi connectivity index (χ1) is 8.11. The molecule has 0 saturated heterocycles. The first kappa shape index (κ1) is 21.4. The van der Waals surface area contributed by atoms with Crippen molar-refractivity contribution in [2.75, 3.05) is 0 Å². The number of hydrogen-bond donors (Lipinski definition) is 0. The van der Waals surface area contributed by atoms with Gasteiger partial charge in [0.25, 0.3) is 0 Å². The second-order valence-electron chi connectivity index (χ2n) is 3.12. The number of aromatic nitrogens is 2. The van der Waals surface area contributed by atoms with Crippen molar-refractivity contribution in [2.45, 2.75) is 75.2 Å². The van der Waals surface area contributed by atoms with Gasteiger partial charge in [-0.3, -0.25) is 9.97 Å². The van der Waals surface area contributed by atoms with Crippen LogP contribution in [0.15, 0.2) is 6.20 Å². The minimum atomic E-state index is 0.474. The monoisotopic (exact) mass is 240 g/mol. The van der Waals surface area contributed by atoms with E-state index in [1.54, 1.807) is 0 Å². The van der Waals surface area contributed by atoms with Gasteiger partial charge in [0, 0.05) is 6.20 Å². The fraction of sp³-hybridized carbons (Fsp3) is 0.733. The third-order valence-corrected chi connectivity index (χ3v) is 1.80. The molecular weight excluding hydrogens is 208 g/mol. The minimum absolute atomic E-state index is 0.474. The van der Waals surface area contributed by atoms with Crippen LogP contribution in [0.3, 0.4) is 0 Å². The number of aryl methyl sites for hydroxylation is 2. The molecule has 2 nitrogen and oxygen atoms in total. The highest BCUT2D eigenvalue weighted by Gasteiger charge is 2.02. The van der Waals surface area contributed by atoms with E-state index in [-0.39, 0.29) is 0 Å². The van der Waals surface area contributed by atoms with E-state index in [0.29, 0.717) is 5.92 Å². The highest BCUT2D eigenvalue weighted by atomic mass is 14.8. The summed E-state index contributed by atoms with van der Waals surface area (Å²) in [6.07, 6.45) is 1.85. The summed E-state index contributed by atoms with van der Waals surface area (Å²) in [7, 11) is 0. The largest absolute Gasteiger partial charge is 0.258 e. The van der Waals surface area contributed by atoms with Gasteiger partial charge in [0.15, 0.2) is 0 Å². The van der Waals surface area contributed by atoms with Gasteiger partial charge in [-0.1, -0.05) is 55.4 Å². The molecule has 0 amide bonds. The second-order valence-corrected chi connectivity index (χ2v) is 3.12. The molecule has 0 atom stereocenters. The molecule has 0 unspecified atom stereocenters. The van der Waals surface area contributed by atoms with Gasteiger partial charge in [0.05, 0.1) is 17.1 Å². The number of hydrogen-bond acceptors (Lipinski definition) is 2. The average Bonchev–Trinajstić information content (AvgIpc) is 2.39. The SMILES string of the molecule is CC.CC.CC.Cc1ncc(C(C)C)nc1C. The minimum Gasteiger partial charge on any atom is -0.258 e. The van der Waals surface area contributed by atoms with Crippen molar-refractivity contribution in [3.05, 3.63) is 23.3 Å². The Morgan fingerprint density at radius 1 is 0.824 bits per heavy atom. The summed E-state index contributed by atoms with van der Waals surface area (Å²) in [5, 5.41) is 0. The molecule has 102 valence electrons. The van der Waals surface area contributed by atoms with Crippen LogP contribution in [-0.4, -0.2) is 9.97 Å². The molecule has 17 heavy (non-hydrogen) atoms. The maximum absolute atomic E-state index is 4.41. The van der Waals surface area contributed by atoms with E-state index in [0.717, 1.165) is 17.1 Å². The summed E-state index contributed by atoms with van der Waals surface area (Å²) in [5.74, 6) is 0.474. The van der Waals surface area contributed by atoms with Gasteiger partial charge in [0.2, 0.25) is 0 Å². The predicted octanol–water partition coefficient (Wildman–Crippen LogP) is 5.30. The van der Waals surface area contributed by atoms with E-state index in [1.807, 2.05) is 61.6 Å². The molecule has 0 aromatic carbocycles. The van der Waals surface area contributed by atoms with Gasteiger partial charge in [-0.25, -0.2) is 0 Å². The molecule has 0 N–H and O–H groups in total. The molecule has 0 spiro atoms. The van der Waals surface area contributed by atoms with Crippen LogP contribution in [0.4, 0.5) is 0 Å². The smallest absolute Gasteiger partial charge is 0.0615 e. The van der Waals surface area contributed by atoms with E-state index in [9.17, 15) is 0 Å². The lowest BCUT2D eigenvalue weighted by Gasteiger charge is -2.05. The first-order valence-electron chi connectivity index (χ1n) is 6.91. The molecule has 0 saturated carbocycles. The van der Waals surface area contributed by atoms with Crippen LogP contribution in [0.1, 0.15) is 78.4 Å². The lowest BCUT2D eigenvalue weighted by molar-refractivity contribution is 0.796. The molecule has 0 fully saturated rings. The zero-order valence-electron chi connectivity index (χ0n) is 13.5. The molecule has 0 aliphatic heterocycles. The first-order valence-corrected chi connectivity index (χ1v) is 6.91. The quantitative estimate of drug-likeness (QED) is 0.666. The standard InChI is InChI=1S/C9H14N2.3C2H6/c1-6(2)9-5-10-7(3)8(4)11-9;3*1-2/h5-6H,1-4H3;3*1-2H3. The Kier molecular flexibility index (Phi) is 19.0. The number of rotatable bonds is 1. The number of nitrogens with zero attached hydrogens (tertiary/aromatic N) is 2. The Bertz CT molecular complexity index is 255. The molecule has 0 aliphatic rings. The van der Waals surface area contributed by atoms with E-state index in [1.165, 1.54) is 0 Å². The van der Waals surface area contributed by atoms with Crippen molar-refractivity contribution in [1.82, 2.24) is 9.97 Å². The van der Waals surface area contributed by atoms with Gasteiger partial charge >= 0.3 is 0 Å². The predicted molar refractivity (Wildman–Crippen MR) is 79.6 cm³/mol. The van der Waals surface area contributed by atoms with Gasteiger partial charge in [-0.2, -0.15) is 0 Å². The van der Waals surface area contributed by atoms with Crippen molar-refractivity contribution in [2.24, 2.45) is 0 Å². The summed E-state index contributed by atoms with van der Waals surface area (Å²) < 4.78 is 0. The molecule has 1 aromatic heterocycles. The van der Waals surface area contributed by atoms with E-state index < -0.39 is 0 Å². The van der Waals surface area contributed by atoms with Crippen LogP contribution in [0.25, 0.3) is 0 Å². The third-order valence-electron chi connectivity index (χ3n) is 1.80. The molecule has 1 aromatic rings. The summed E-state index contributed by atoms with van der Waals surface area (Å²) >= 11 is 0. The van der Waals surface area contributed by atoms with Gasteiger partial charge in [0.1, 0.15) is 0 Å². The van der Waals surface area contributed by atoms with Crippen LogP contribution in [0.5, 0.6) is 0 Å². The molecule has 1 heterocycles. The van der Waals surface area contributed by atoms with E-state index in [4.69, 9.17) is 0 Å². The normalized spacial score (nSPS) is 7.94.